The van der Waals surface area contributed by atoms with Gasteiger partial charge in [0.2, 0.25) is 0 Å². The lowest BCUT2D eigenvalue weighted by atomic mass is 10.0. The molecular formula is C22H18F4N4O2. The number of likely N-dealkylation sites (N-methyl/N-ethyl adjacent to an activating group) is 1. The number of alkyl halides is 3. The maximum atomic E-state index is 13.4. The largest absolute Gasteiger partial charge is 0.417 e. The average molecular weight is 446 g/mol. The van der Waals surface area contributed by atoms with Gasteiger partial charge in [-0.15, -0.1) is 0 Å². The molecule has 0 radical (unpaired) electrons. The lowest BCUT2D eigenvalue weighted by Gasteiger charge is -2.21. The molecule has 1 aliphatic heterocycles. The summed E-state index contributed by atoms with van der Waals surface area (Å²) in [6.07, 6.45) is -3.36. The average Bonchev–Trinajstić information content (AvgIpc) is 3.05. The van der Waals surface area contributed by atoms with Crippen LogP contribution in [0.4, 0.5) is 33.7 Å². The number of carbonyl (C=O) groups is 2. The summed E-state index contributed by atoms with van der Waals surface area (Å²) in [6, 6.07) is 6.53. The zero-order valence-electron chi connectivity index (χ0n) is 17.1. The molecule has 0 atom stereocenters. The van der Waals surface area contributed by atoms with Crippen LogP contribution in [0, 0.1) is 12.7 Å². The summed E-state index contributed by atoms with van der Waals surface area (Å²) in [7, 11) is 1.69. The number of benzene rings is 2. The highest BCUT2D eigenvalue weighted by Crippen LogP contribution is 2.36. The third-order valence-electron chi connectivity index (χ3n) is 5.32. The van der Waals surface area contributed by atoms with Crippen molar-refractivity contribution in [3.8, 4) is 0 Å². The molecule has 1 saturated heterocycles. The molecule has 0 aliphatic carbocycles. The smallest absolute Gasteiger partial charge is 0.326 e. The molecule has 3 aromatic rings. The Bertz CT molecular complexity index is 1240. The van der Waals surface area contributed by atoms with Gasteiger partial charge in [0.25, 0.3) is 5.91 Å². The first kappa shape index (κ1) is 21.5. The van der Waals surface area contributed by atoms with E-state index < -0.39 is 29.0 Å². The van der Waals surface area contributed by atoms with Crippen LogP contribution >= 0.6 is 0 Å². The Kier molecular flexibility index (Phi) is 5.23. The van der Waals surface area contributed by atoms with E-state index >= 15 is 0 Å². The fraction of sp³-hybridized carbons (Fsp3) is 0.227. The predicted molar refractivity (Wildman–Crippen MR) is 111 cm³/mol. The number of pyridine rings is 1. The van der Waals surface area contributed by atoms with Gasteiger partial charge in [0.15, 0.2) is 0 Å². The number of urea groups is 1. The van der Waals surface area contributed by atoms with Crippen LogP contribution in [-0.4, -0.2) is 42.0 Å². The van der Waals surface area contributed by atoms with Crippen LogP contribution in [0.2, 0.25) is 0 Å². The number of aromatic nitrogens is 1. The highest BCUT2D eigenvalue weighted by molar-refractivity contribution is 6.12. The molecule has 0 spiro atoms. The number of hydrogen-bond acceptors (Lipinski definition) is 3. The van der Waals surface area contributed by atoms with Gasteiger partial charge in [0.05, 0.1) is 28.0 Å². The molecule has 2 aromatic carbocycles. The number of carbonyl (C=O) groups excluding carboxylic acids is 2. The number of nitrogens with one attached hydrogen (secondary N) is 1. The zero-order chi connectivity index (χ0) is 23.2. The highest BCUT2D eigenvalue weighted by atomic mass is 19.4. The third-order valence-corrected chi connectivity index (χ3v) is 5.32. The Morgan fingerprint density at radius 3 is 2.56 bits per heavy atom. The molecule has 0 saturated carbocycles. The van der Waals surface area contributed by atoms with Gasteiger partial charge in [-0.1, -0.05) is 12.1 Å². The minimum Gasteiger partial charge on any atom is -0.326 e. The number of para-hydroxylation sites is 1. The van der Waals surface area contributed by atoms with Gasteiger partial charge in [-0.25, -0.2) is 9.18 Å². The van der Waals surface area contributed by atoms with Gasteiger partial charge in [-0.3, -0.25) is 14.7 Å². The number of amides is 3. The Morgan fingerprint density at radius 1 is 1.16 bits per heavy atom. The van der Waals surface area contributed by atoms with E-state index in [2.05, 4.69) is 10.3 Å². The second-order valence-corrected chi connectivity index (χ2v) is 7.49. The lowest BCUT2D eigenvalue weighted by Crippen LogP contribution is -2.30. The highest BCUT2D eigenvalue weighted by Gasteiger charge is 2.36. The normalized spacial score (nSPS) is 14.4. The SMILES string of the molecule is Cc1cnc2c(NC(=O)c3ccc(F)cc3C(F)(F)F)cccc2c1N1CCN(C)C1=O. The molecule has 1 fully saturated rings. The van der Waals surface area contributed by atoms with Crippen molar-refractivity contribution in [3.05, 3.63) is 65.1 Å². The van der Waals surface area contributed by atoms with Crippen LogP contribution in [0.15, 0.2) is 42.6 Å². The monoisotopic (exact) mass is 446 g/mol. The molecule has 3 amide bonds. The molecule has 4 rings (SSSR count). The molecule has 1 aliphatic rings. The summed E-state index contributed by atoms with van der Waals surface area (Å²) < 4.78 is 53.3. The number of aryl methyl sites for hydroxylation is 1. The van der Waals surface area contributed by atoms with Gasteiger partial charge in [-0.2, -0.15) is 13.2 Å². The van der Waals surface area contributed by atoms with Crippen LogP contribution in [-0.2, 0) is 6.18 Å². The van der Waals surface area contributed by atoms with Crippen molar-refractivity contribution in [2.24, 2.45) is 0 Å². The molecule has 166 valence electrons. The number of hydrogen-bond donors (Lipinski definition) is 1. The number of fused-ring (bicyclic) bond motifs is 1. The fourth-order valence-electron chi connectivity index (χ4n) is 3.76. The van der Waals surface area contributed by atoms with Gasteiger partial charge in [0.1, 0.15) is 5.82 Å². The van der Waals surface area contributed by atoms with E-state index in [0.717, 1.165) is 17.7 Å². The number of rotatable bonds is 3. The van der Waals surface area contributed by atoms with Crippen molar-refractivity contribution in [1.29, 1.82) is 0 Å². The quantitative estimate of drug-likeness (QED) is 0.587. The summed E-state index contributed by atoms with van der Waals surface area (Å²) in [4.78, 5) is 32.8. The van der Waals surface area contributed by atoms with Crippen molar-refractivity contribution in [2.75, 3.05) is 30.4 Å². The Hall–Kier alpha value is -3.69. The van der Waals surface area contributed by atoms with Crippen LogP contribution in [0.5, 0.6) is 0 Å². The van der Waals surface area contributed by atoms with Crippen LogP contribution < -0.4 is 10.2 Å². The van der Waals surface area contributed by atoms with Crippen molar-refractivity contribution < 1.29 is 27.2 Å². The van der Waals surface area contributed by atoms with E-state index in [0.29, 0.717) is 29.7 Å². The van der Waals surface area contributed by atoms with Crippen LogP contribution in [0.25, 0.3) is 10.9 Å². The van der Waals surface area contributed by atoms with Gasteiger partial charge in [-0.05, 0) is 36.8 Å². The van der Waals surface area contributed by atoms with Crippen molar-refractivity contribution in [1.82, 2.24) is 9.88 Å². The topological polar surface area (TPSA) is 65.5 Å². The lowest BCUT2D eigenvalue weighted by molar-refractivity contribution is -0.138. The number of anilines is 2. The standard InChI is InChI=1S/C22H18F4N4O2/c1-12-11-27-18-15(19(12)30-9-8-29(2)21(30)32)4-3-5-17(18)28-20(31)14-7-6-13(23)10-16(14)22(24,25)26/h3-7,10-11H,8-9H2,1-2H3,(H,28,31). The minimum atomic E-state index is -4.90. The van der Waals surface area contributed by atoms with E-state index in [1.54, 1.807) is 35.9 Å². The Morgan fingerprint density at radius 2 is 1.91 bits per heavy atom. The first-order valence-corrected chi connectivity index (χ1v) is 9.67. The third kappa shape index (κ3) is 3.72. The molecule has 1 N–H and O–H groups in total. The van der Waals surface area contributed by atoms with Crippen LogP contribution in [0.1, 0.15) is 21.5 Å². The van der Waals surface area contributed by atoms with Crippen molar-refractivity contribution in [3.63, 3.8) is 0 Å². The van der Waals surface area contributed by atoms with Crippen molar-refractivity contribution in [2.45, 2.75) is 13.1 Å². The second kappa shape index (κ2) is 7.77. The van der Waals surface area contributed by atoms with E-state index in [4.69, 9.17) is 0 Å². The molecule has 0 bridgehead atoms. The van der Waals surface area contributed by atoms with Crippen molar-refractivity contribution >= 4 is 34.2 Å². The minimum absolute atomic E-state index is 0.172. The molecule has 0 unspecified atom stereocenters. The Labute approximate surface area is 180 Å². The first-order chi connectivity index (χ1) is 15.1. The number of nitrogens with zero attached hydrogens (tertiary/aromatic N) is 3. The fourth-order valence-corrected chi connectivity index (χ4v) is 3.76. The van der Waals surface area contributed by atoms with E-state index in [1.165, 1.54) is 12.3 Å². The van der Waals surface area contributed by atoms with Gasteiger partial charge in [0, 0.05) is 31.7 Å². The van der Waals surface area contributed by atoms with Gasteiger partial charge >= 0.3 is 12.2 Å². The number of halogens is 4. The maximum absolute atomic E-state index is 13.4. The van der Waals surface area contributed by atoms with E-state index in [-0.39, 0.29) is 17.8 Å². The molecular weight excluding hydrogens is 428 g/mol. The predicted octanol–water partition coefficient (Wildman–Crippen LogP) is 4.83. The summed E-state index contributed by atoms with van der Waals surface area (Å²) in [5.74, 6) is -2.15. The molecule has 10 heteroatoms. The molecule has 2 heterocycles. The van der Waals surface area contributed by atoms with E-state index in [9.17, 15) is 27.2 Å². The van der Waals surface area contributed by atoms with E-state index in [1.807, 2.05) is 0 Å². The molecule has 1 aromatic heterocycles. The summed E-state index contributed by atoms with van der Waals surface area (Å²) in [6.45, 7) is 2.81. The molecule has 32 heavy (non-hydrogen) atoms. The Balaban J connectivity index is 1.77. The summed E-state index contributed by atoms with van der Waals surface area (Å²) >= 11 is 0. The molecule has 6 nitrogen and oxygen atoms in total. The second-order valence-electron chi connectivity index (χ2n) is 7.49. The zero-order valence-corrected chi connectivity index (χ0v) is 17.1. The van der Waals surface area contributed by atoms with Crippen LogP contribution in [0.3, 0.4) is 0 Å². The summed E-state index contributed by atoms with van der Waals surface area (Å²) in [5.41, 5.74) is -0.226. The maximum Gasteiger partial charge on any atom is 0.417 e. The first-order valence-electron chi connectivity index (χ1n) is 9.67. The van der Waals surface area contributed by atoms with Gasteiger partial charge < -0.3 is 10.2 Å². The summed E-state index contributed by atoms with van der Waals surface area (Å²) in [5, 5.41) is 3.02.